The van der Waals surface area contributed by atoms with Crippen LogP contribution in [0.3, 0.4) is 0 Å². The number of carbonyl (C=O) groups is 1. The van der Waals surface area contributed by atoms with Gasteiger partial charge in [0.15, 0.2) is 5.16 Å². The SMILES string of the molecule is CCCCC(CC)COC(=O)CCSc1ncc2c(n1)c(N1CC(F)(F)C(F)(F)C1)cn2C.[Ar]. The van der Waals surface area contributed by atoms with Gasteiger partial charge in [-0.3, -0.25) is 4.79 Å². The van der Waals surface area contributed by atoms with Gasteiger partial charge in [0.1, 0.15) is 5.52 Å². The number of unbranched alkanes of at least 4 members (excludes halogenated alkanes) is 1. The maximum atomic E-state index is 13.7. The third kappa shape index (κ3) is 6.91. The average Bonchev–Trinajstić information content (AvgIpc) is 3.19. The molecule has 1 saturated heterocycles. The van der Waals surface area contributed by atoms with Crippen LogP contribution >= 0.6 is 11.8 Å². The van der Waals surface area contributed by atoms with Crippen molar-refractivity contribution >= 4 is 34.5 Å². The molecule has 6 nitrogen and oxygen atoms in total. The number of aromatic nitrogens is 3. The van der Waals surface area contributed by atoms with Crippen molar-refractivity contribution in [2.75, 3.05) is 30.3 Å². The van der Waals surface area contributed by atoms with Crippen molar-refractivity contribution in [3.8, 4) is 0 Å². The van der Waals surface area contributed by atoms with Crippen molar-refractivity contribution in [2.45, 2.75) is 63.0 Å². The molecule has 1 unspecified atom stereocenters. The predicted octanol–water partition coefficient (Wildman–Crippen LogP) is 5.30. The minimum Gasteiger partial charge on any atom is -0.465 e. The van der Waals surface area contributed by atoms with E-state index in [1.807, 2.05) is 0 Å². The Bertz CT molecular complexity index is 960. The Hall–Kier alpha value is -0.780. The summed E-state index contributed by atoms with van der Waals surface area (Å²) in [7, 11) is 1.68. The summed E-state index contributed by atoms with van der Waals surface area (Å²) in [6.07, 6.45) is 7.44. The zero-order valence-electron chi connectivity index (χ0n) is 19.5. The number of anilines is 1. The molecule has 0 aliphatic carbocycles. The molecule has 34 heavy (non-hydrogen) atoms. The van der Waals surface area contributed by atoms with Crippen molar-refractivity contribution in [3.63, 3.8) is 0 Å². The summed E-state index contributed by atoms with van der Waals surface area (Å²) in [5.74, 6) is -7.74. The van der Waals surface area contributed by atoms with Crippen molar-refractivity contribution in [3.05, 3.63) is 12.4 Å². The first-order chi connectivity index (χ1) is 15.6. The number of carbonyl (C=O) groups excluding carboxylic acids is 1. The Labute approximate surface area is 231 Å². The van der Waals surface area contributed by atoms with E-state index in [1.54, 1.807) is 11.6 Å². The van der Waals surface area contributed by atoms with E-state index in [9.17, 15) is 22.4 Å². The summed E-state index contributed by atoms with van der Waals surface area (Å²) in [5.41, 5.74) is 1.09. The van der Waals surface area contributed by atoms with Gasteiger partial charge in [0.05, 0.1) is 43.5 Å². The number of alkyl halides is 4. The molecule has 0 N–H and O–H groups in total. The van der Waals surface area contributed by atoms with Gasteiger partial charge >= 0.3 is 17.8 Å². The smallest absolute Gasteiger partial charge is 0.329 e. The van der Waals surface area contributed by atoms with Gasteiger partial charge in [-0.25, -0.2) is 9.97 Å². The molecule has 192 valence electrons. The molecule has 3 rings (SSSR count). The Balaban J connectivity index is 0.00000408. The normalized spacial score (nSPS) is 17.6. The fraction of sp³-hybridized carbons (Fsp3) is 0.682. The summed E-state index contributed by atoms with van der Waals surface area (Å²) in [6, 6.07) is 0. The van der Waals surface area contributed by atoms with E-state index in [2.05, 4.69) is 23.8 Å². The van der Waals surface area contributed by atoms with Crippen LogP contribution in [0.2, 0.25) is 0 Å². The van der Waals surface area contributed by atoms with Crippen LogP contribution in [0.4, 0.5) is 23.2 Å². The summed E-state index contributed by atoms with van der Waals surface area (Å²) < 4.78 is 61.8. The second-order valence-electron chi connectivity index (χ2n) is 8.47. The van der Waals surface area contributed by atoms with Gasteiger partial charge in [0.25, 0.3) is 0 Å². The first kappa shape index (κ1) is 29.5. The molecule has 0 radical (unpaired) electrons. The van der Waals surface area contributed by atoms with Crippen LogP contribution in [0.1, 0.15) is 46.0 Å². The molecule has 2 aromatic heterocycles. The summed E-state index contributed by atoms with van der Waals surface area (Å²) in [6.45, 7) is 2.48. The number of nitrogens with zero attached hydrogens (tertiary/aromatic N) is 4. The maximum Gasteiger partial charge on any atom is 0.329 e. The number of hydrogen-bond donors (Lipinski definition) is 0. The number of esters is 1. The van der Waals surface area contributed by atoms with Gasteiger partial charge in [0.2, 0.25) is 0 Å². The van der Waals surface area contributed by atoms with Crippen LogP contribution in [-0.4, -0.2) is 57.8 Å². The van der Waals surface area contributed by atoms with Crippen LogP contribution in [0.25, 0.3) is 11.0 Å². The topological polar surface area (TPSA) is 60.2 Å². The molecule has 0 amide bonds. The van der Waals surface area contributed by atoms with E-state index in [1.165, 1.54) is 24.2 Å². The zero-order valence-corrected chi connectivity index (χ0v) is 21.0. The molecule has 12 heteroatoms. The third-order valence-electron chi connectivity index (χ3n) is 5.90. The van der Waals surface area contributed by atoms with Gasteiger partial charge in [-0.1, -0.05) is 44.9 Å². The molecule has 0 saturated carbocycles. The molecule has 2 aromatic rings. The molecular formula is C22H30ArF4N4O2S. The minimum absolute atomic E-state index is 0. The second kappa shape index (κ2) is 12.5. The fourth-order valence-electron chi connectivity index (χ4n) is 3.76. The zero-order chi connectivity index (χ0) is 24.2. The molecule has 1 fully saturated rings. The fourth-order valence-corrected chi connectivity index (χ4v) is 4.50. The average molecular weight is 531 g/mol. The van der Waals surface area contributed by atoms with Gasteiger partial charge < -0.3 is 14.2 Å². The largest absolute Gasteiger partial charge is 0.465 e. The number of fused-ring (bicyclic) bond motifs is 1. The molecule has 1 atom stereocenters. The monoisotopic (exact) mass is 530 g/mol. The van der Waals surface area contributed by atoms with E-state index in [4.69, 9.17) is 4.74 Å². The van der Waals surface area contributed by atoms with Gasteiger partial charge in [0, 0.05) is 56.7 Å². The maximum absolute atomic E-state index is 13.7. The van der Waals surface area contributed by atoms with Crippen molar-refractivity contribution in [2.24, 2.45) is 13.0 Å². The molecule has 1 aliphatic heterocycles. The molecule has 1 aliphatic rings. The van der Waals surface area contributed by atoms with E-state index in [-0.39, 0.29) is 55.8 Å². The van der Waals surface area contributed by atoms with E-state index in [0.29, 0.717) is 34.5 Å². The number of aryl methyl sites for hydroxylation is 1. The van der Waals surface area contributed by atoms with Crippen molar-refractivity contribution in [1.29, 1.82) is 0 Å². The number of halogens is 4. The van der Waals surface area contributed by atoms with Crippen LogP contribution in [-0.2, 0) is 16.6 Å². The van der Waals surface area contributed by atoms with E-state index < -0.39 is 24.9 Å². The Morgan fingerprint density at radius 3 is 2.53 bits per heavy atom. The van der Waals surface area contributed by atoms with Crippen molar-refractivity contribution < 1.29 is 64.8 Å². The first-order valence-corrected chi connectivity index (χ1v) is 12.2. The summed E-state index contributed by atoms with van der Waals surface area (Å²) in [4.78, 5) is 21.7. The van der Waals surface area contributed by atoms with Gasteiger partial charge in [-0.15, -0.1) is 0 Å². The minimum atomic E-state index is -4.10. The Kier molecular flexibility index (Phi) is 10.8. The molecular weight excluding hydrogens is 500 g/mol. The Morgan fingerprint density at radius 1 is 1.24 bits per heavy atom. The number of rotatable bonds is 11. The molecule has 3 heterocycles. The number of ether oxygens (including phenoxy) is 1. The summed E-state index contributed by atoms with van der Waals surface area (Å²) in [5, 5.41) is 0.342. The third-order valence-corrected chi connectivity index (χ3v) is 6.76. The molecule has 0 bridgehead atoms. The summed E-state index contributed by atoms with van der Waals surface area (Å²) >= 11 is 1.23. The number of hydrogen-bond acceptors (Lipinski definition) is 6. The van der Waals surface area contributed by atoms with Crippen LogP contribution < -0.4 is 4.90 Å². The van der Waals surface area contributed by atoms with Crippen LogP contribution in [0.15, 0.2) is 17.6 Å². The van der Waals surface area contributed by atoms with E-state index >= 15 is 0 Å². The second-order valence-corrected chi connectivity index (χ2v) is 9.54. The standard InChI is InChI=1S/C22H30F4N4O2S.Ar/c1-4-6-7-15(5-2)12-32-18(31)8-9-33-20-27-10-16-19(28-20)17(11-29(16)3)30-13-21(23,24)22(25,26)14-30;/h10-11,15H,4-9,12-14H2,1-3H3;. The molecule has 0 spiro atoms. The number of thioether (sulfide) groups is 1. The van der Waals surface area contributed by atoms with E-state index in [0.717, 1.165) is 30.6 Å². The van der Waals surface area contributed by atoms with Gasteiger partial charge in [-0.05, 0) is 12.3 Å². The Morgan fingerprint density at radius 2 is 1.91 bits per heavy atom. The first-order valence-electron chi connectivity index (χ1n) is 11.2. The van der Waals surface area contributed by atoms with Crippen LogP contribution in [0, 0.1) is 43.7 Å². The van der Waals surface area contributed by atoms with Gasteiger partial charge in [-0.2, -0.15) is 17.6 Å². The van der Waals surface area contributed by atoms with Crippen molar-refractivity contribution in [1.82, 2.24) is 14.5 Å². The van der Waals surface area contributed by atoms with Crippen LogP contribution in [0.5, 0.6) is 0 Å². The predicted molar refractivity (Wildman–Crippen MR) is 120 cm³/mol. The quantitative estimate of drug-likeness (QED) is 0.170. The molecule has 0 aromatic carbocycles.